The lowest BCUT2D eigenvalue weighted by Gasteiger charge is -2.46. The monoisotopic (exact) mass is 464 g/mol. The molecule has 2 aromatic rings. The molecule has 34 heavy (non-hydrogen) atoms. The summed E-state index contributed by atoms with van der Waals surface area (Å²) in [6, 6.07) is 9.76. The van der Waals surface area contributed by atoms with Crippen molar-refractivity contribution in [3.63, 3.8) is 0 Å². The number of benzene rings is 2. The summed E-state index contributed by atoms with van der Waals surface area (Å²) in [7, 11) is 0. The van der Waals surface area contributed by atoms with Crippen LogP contribution in [-0.4, -0.2) is 72.2 Å². The third kappa shape index (κ3) is 3.71. The van der Waals surface area contributed by atoms with E-state index in [1.165, 1.54) is 0 Å². The van der Waals surface area contributed by atoms with Gasteiger partial charge in [0.15, 0.2) is 0 Å². The maximum absolute atomic E-state index is 11.8. The van der Waals surface area contributed by atoms with Gasteiger partial charge in [0, 0.05) is 49.9 Å². The van der Waals surface area contributed by atoms with Crippen LogP contribution in [0.5, 0.6) is 0 Å². The molecule has 0 spiro atoms. The first-order valence-corrected chi connectivity index (χ1v) is 11.8. The predicted octanol–water partition coefficient (Wildman–Crippen LogP) is 2.13. The van der Waals surface area contributed by atoms with E-state index in [9.17, 15) is 14.7 Å². The second-order valence-corrected chi connectivity index (χ2v) is 9.62. The van der Waals surface area contributed by atoms with Crippen LogP contribution in [0.4, 0.5) is 0 Å². The number of rotatable bonds is 4. The van der Waals surface area contributed by atoms with Crippen molar-refractivity contribution in [2.75, 3.05) is 39.3 Å². The summed E-state index contributed by atoms with van der Waals surface area (Å²) < 4.78 is 16.5. The van der Waals surface area contributed by atoms with Crippen molar-refractivity contribution in [2.24, 2.45) is 0 Å². The van der Waals surface area contributed by atoms with Crippen LogP contribution in [0.2, 0.25) is 0 Å². The molecule has 2 saturated heterocycles. The van der Waals surface area contributed by atoms with E-state index in [2.05, 4.69) is 9.80 Å². The molecule has 2 fully saturated rings. The van der Waals surface area contributed by atoms with E-state index in [0.717, 1.165) is 54.0 Å². The van der Waals surface area contributed by atoms with Gasteiger partial charge in [-0.3, -0.25) is 9.80 Å². The first kappa shape index (κ1) is 21.7. The minimum atomic E-state index is -0.624. The molecule has 178 valence electrons. The van der Waals surface area contributed by atoms with E-state index < -0.39 is 6.10 Å². The Labute approximate surface area is 198 Å². The van der Waals surface area contributed by atoms with Gasteiger partial charge in [-0.25, -0.2) is 9.59 Å². The van der Waals surface area contributed by atoms with Gasteiger partial charge < -0.3 is 19.3 Å². The second-order valence-electron chi connectivity index (χ2n) is 9.62. The Balaban J connectivity index is 1.08. The van der Waals surface area contributed by atoms with Crippen molar-refractivity contribution >= 4 is 11.9 Å². The smallest absolute Gasteiger partial charge is 0.338 e. The zero-order chi connectivity index (χ0) is 23.4. The van der Waals surface area contributed by atoms with Crippen molar-refractivity contribution in [1.82, 2.24) is 9.80 Å². The number of hydrogen-bond donors (Lipinski definition) is 1. The van der Waals surface area contributed by atoms with Crippen LogP contribution >= 0.6 is 0 Å². The molecule has 4 aliphatic rings. The number of aliphatic hydroxyl groups excluding tert-OH is 1. The number of cyclic esters (lactones) is 2. The molecule has 2 aromatic carbocycles. The average molecular weight is 465 g/mol. The van der Waals surface area contributed by atoms with Crippen LogP contribution in [0.3, 0.4) is 0 Å². The van der Waals surface area contributed by atoms with Gasteiger partial charge in [0.25, 0.3) is 0 Å². The van der Waals surface area contributed by atoms with Gasteiger partial charge in [-0.2, -0.15) is 0 Å². The number of carbonyl (C=O) groups is 2. The standard InChI is InChI=1S/C26H28N2O6/c1-15-19(4-5-21-22(15)14-34-26(21)31)23(29)10-27-6-7-28-11-24(32-13-18(28)9-27)16-2-3-20-17(8-16)12-33-25(20)30/h2-5,8,18,23-24,29H,6-7,9-14H2,1H3/t18-,23+,24-/m0/s1. The minimum Gasteiger partial charge on any atom is -0.457 e. The number of ether oxygens (including phenoxy) is 3. The molecule has 8 nitrogen and oxygen atoms in total. The van der Waals surface area contributed by atoms with Crippen molar-refractivity contribution < 1.29 is 28.9 Å². The Bertz CT molecular complexity index is 1160. The van der Waals surface area contributed by atoms with Crippen molar-refractivity contribution in [1.29, 1.82) is 0 Å². The van der Waals surface area contributed by atoms with Gasteiger partial charge in [-0.05, 0) is 41.8 Å². The van der Waals surface area contributed by atoms with Crippen LogP contribution in [0.25, 0.3) is 0 Å². The molecule has 4 aliphatic heterocycles. The Morgan fingerprint density at radius 2 is 1.82 bits per heavy atom. The number of hydrogen-bond acceptors (Lipinski definition) is 8. The Kier molecular flexibility index (Phi) is 5.41. The van der Waals surface area contributed by atoms with Crippen molar-refractivity contribution in [3.05, 3.63) is 69.3 Å². The molecule has 0 aliphatic carbocycles. The number of fused-ring (bicyclic) bond motifs is 3. The maximum atomic E-state index is 11.8. The van der Waals surface area contributed by atoms with Crippen LogP contribution < -0.4 is 0 Å². The molecule has 8 heteroatoms. The molecule has 0 unspecified atom stereocenters. The number of piperazine rings is 1. The number of β-amino-alcohol motifs (C(OH)–C–C–N with tert-alkyl or cyclic N) is 1. The van der Waals surface area contributed by atoms with Crippen LogP contribution in [0.1, 0.15) is 60.7 Å². The number of aliphatic hydroxyl groups is 1. The highest BCUT2D eigenvalue weighted by molar-refractivity contribution is 5.94. The fourth-order valence-electron chi connectivity index (χ4n) is 5.64. The molecule has 0 bridgehead atoms. The first-order valence-electron chi connectivity index (χ1n) is 11.8. The zero-order valence-electron chi connectivity index (χ0n) is 19.2. The number of carbonyl (C=O) groups excluding carboxylic acids is 2. The number of nitrogens with zero attached hydrogens (tertiary/aromatic N) is 2. The Morgan fingerprint density at radius 1 is 1.03 bits per heavy atom. The highest BCUT2D eigenvalue weighted by Gasteiger charge is 2.35. The quantitative estimate of drug-likeness (QED) is 0.689. The lowest BCUT2D eigenvalue weighted by Crippen LogP contribution is -2.58. The van der Waals surface area contributed by atoms with Gasteiger partial charge in [0.1, 0.15) is 13.2 Å². The lowest BCUT2D eigenvalue weighted by molar-refractivity contribution is -0.0937. The average Bonchev–Trinajstić information content (AvgIpc) is 3.41. The molecule has 0 saturated carbocycles. The molecule has 0 amide bonds. The Morgan fingerprint density at radius 3 is 2.71 bits per heavy atom. The van der Waals surface area contributed by atoms with E-state index in [0.29, 0.717) is 30.9 Å². The summed E-state index contributed by atoms with van der Waals surface area (Å²) >= 11 is 0. The second kappa shape index (κ2) is 8.46. The fourth-order valence-corrected chi connectivity index (χ4v) is 5.64. The largest absolute Gasteiger partial charge is 0.457 e. The topological polar surface area (TPSA) is 88.5 Å². The van der Waals surface area contributed by atoms with E-state index in [1.54, 1.807) is 6.07 Å². The third-order valence-electron chi connectivity index (χ3n) is 7.66. The van der Waals surface area contributed by atoms with E-state index in [4.69, 9.17) is 14.2 Å². The summed E-state index contributed by atoms with van der Waals surface area (Å²) in [6.07, 6.45) is -0.644. The molecule has 4 heterocycles. The van der Waals surface area contributed by atoms with Gasteiger partial charge in [-0.15, -0.1) is 0 Å². The number of morpholine rings is 1. The number of esters is 2. The first-order chi connectivity index (χ1) is 16.5. The molecule has 3 atom stereocenters. The predicted molar refractivity (Wildman–Crippen MR) is 121 cm³/mol. The minimum absolute atomic E-state index is 0.0200. The zero-order valence-corrected chi connectivity index (χ0v) is 19.2. The SMILES string of the molecule is Cc1c([C@H](O)CN2CCN3C[C@@H](c4ccc5c(c4)COC5=O)OC[C@@H]3C2)ccc2c1COC2=O. The summed E-state index contributed by atoms with van der Waals surface area (Å²) in [5.74, 6) is -0.533. The van der Waals surface area contributed by atoms with E-state index in [1.807, 2.05) is 31.2 Å². The van der Waals surface area contributed by atoms with Crippen molar-refractivity contribution in [3.8, 4) is 0 Å². The van der Waals surface area contributed by atoms with Gasteiger partial charge in [-0.1, -0.05) is 12.1 Å². The van der Waals surface area contributed by atoms with E-state index in [-0.39, 0.29) is 30.7 Å². The van der Waals surface area contributed by atoms with E-state index >= 15 is 0 Å². The van der Waals surface area contributed by atoms with Gasteiger partial charge >= 0.3 is 11.9 Å². The lowest BCUT2D eigenvalue weighted by atomic mass is 9.95. The summed E-state index contributed by atoms with van der Waals surface area (Å²) in [5.41, 5.74) is 5.98. The summed E-state index contributed by atoms with van der Waals surface area (Å²) in [4.78, 5) is 28.3. The maximum Gasteiger partial charge on any atom is 0.338 e. The van der Waals surface area contributed by atoms with Crippen LogP contribution in [0.15, 0.2) is 30.3 Å². The summed E-state index contributed by atoms with van der Waals surface area (Å²) in [5, 5.41) is 11.0. The van der Waals surface area contributed by atoms with Gasteiger partial charge in [0.2, 0.25) is 0 Å². The highest BCUT2D eigenvalue weighted by atomic mass is 16.5. The van der Waals surface area contributed by atoms with Crippen molar-refractivity contribution in [2.45, 2.75) is 38.4 Å². The van der Waals surface area contributed by atoms with Crippen LogP contribution in [0, 0.1) is 6.92 Å². The van der Waals surface area contributed by atoms with Crippen LogP contribution in [-0.2, 0) is 27.4 Å². The molecule has 6 rings (SSSR count). The normalized spacial score (nSPS) is 25.4. The summed E-state index contributed by atoms with van der Waals surface area (Å²) in [6.45, 7) is 7.18. The fraction of sp³-hybridized carbons (Fsp3) is 0.462. The van der Waals surface area contributed by atoms with Gasteiger partial charge in [0.05, 0.1) is 29.9 Å². The highest BCUT2D eigenvalue weighted by Crippen LogP contribution is 2.32. The third-order valence-corrected chi connectivity index (χ3v) is 7.66. The molecule has 0 aromatic heterocycles. The molecular weight excluding hydrogens is 436 g/mol. The molecule has 0 radical (unpaired) electrons. The molecular formula is C26H28N2O6. The molecule has 1 N–H and O–H groups in total. The Hall–Kier alpha value is -2.78.